The predicted molar refractivity (Wildman–Crippen MR) is 76.4 cm³/mol. The Morgan fingerprint density at radius 1 is 1.21 bits per heavy atom. The van der Waals surface area contributed by atoms with Crippen LogP contribution in [0, 0.1) is 5.92 Å². The number of aliphatic hydroxyl groups excluding tert-OH is 1. The number of ether oxygens (including phenoxy) is 1. The Bertz CT molecular complexity index is 241. The lowest BCUT2D eigenvalue weighted by molar-refractivity contribution is 0.0700. The van der Waals surface area contributed by atoms with Gasteiger partial charge in [-0.3, -0.25) is 4.90 Å². The molecule has 0 radical (unpaired) electrons. The number of piperazine rings is 1. The zero-order chi connectivity index (χ0) is 13.5. The maximum atomic E-state index is 9.96. The van der Waals surface area contributed by atoms with E-state index in [1.165, 1.54) is 32.5 Å². The van der Waals surface area contributed by atoms with Crippen LogP contribution in [0.4, 0.5) is 0 Å². The van der Waals surface area contributed by atoms with E-state index in [2.05, 4.69) is 15.1 Å². The molecule has 0 bridgehead atoms. The number of methoxy groups -OCH3 is 1. The van der Waals surface area contributed by atoms with E-state index < -0.39 is 0 Å². The van der Waals surface area contributed by atoms with E-state index in [4.69, 9.17) is 4.74 Å². The second kappa shape index (κ2) is 8.17. The second-order valence-corrected chi connectivity index (χ2v) is 5.90. The van der Waals surface area contributed by atoms with Crippen molar-refractivity contribution in [3.8, 4) is 0 Å². The molecule has 0 aromatic rings. The topological polar surface area (TPSA) is 48.0 Å². The summed E-state index contributed by atoms with van der Waals surface area (Å²) in [5.41, 5.74) is 0. The summed E-state index contributed by atoms with van der Waals surface area (Å²) in [5, 5.41) is 13.2. The molecular formula is C14H29N3O2. The summed E-state index contributed by atoms with van der Waals surface area (Å²) >= 11 is 0. The van der Waals surface area contributed by atoms with Crippen molar-refractivity contribution in [3.05, 3.63) is 0 Å². The van der Waals surface area contributed by atoms with Crippen molar-refractivity contribution in [1.29, 1.82) is 0 Å². The van der Waals surface area contributed by atoms with Crippen LogP contribution in [-0.4, -0.2) is 87.1 Å². The van der Waals surface area contributed by atoms with Crippen molar-refractivity contribution in [1.82, 2.24) is 15.1 Å². The van der Waals surface area contributed by atoms with E-state index in [1.54, 1.807) is 7.11 Å². The van der Waals surface area contributed by atoms with Crippen molar-refractivity contribution < 1.29 is 9.84 Å². The van der Waals surface area contributed by atoms with Gasteiger partial charge in [0.2, 0.25) is 0 Å². The third-order valence-corrected chi connectivity index (χ3v) is 4.01. The summed E-state index contributed by atoms with van der Waals surface area (Å²) in [7, 11) is 1.69. The standard InChI is InChI=1S/C14H29N3O2/c1-19-9-4-15-10-14(18)12-17-7-5-16(6-8-17)11-13-2-3-13/h13-15,18H,2-12H2,1H3. The van der Waals surface area contributed by atoms with Gasteiger partial charge in [-0.1, -0.05) is 0 Å². The normalized spacial score (nSPS) is 23.7. The molecule has 112 valence electrons. The molecule has 1 atom stereocenters. The Morgan fingerprint density at radius 3 is 2.53 bits per heavy atom. The molecule has 5 heteroatoms. The molecule has 19 heavy (non-hydrogen) atoms. The van der Waals surface area contributed by atoms with Gasteiger partial charge in [-0.05, 0) is 18.8 Å². The van der Waals surface area contributed by atoms with Gasteiger partial charge in [0.05, 0.1) is 12.7 Å². The van der Waals surface area contributed by atoms with Crippen LogP contribution in [0.3, 0.4) is 0 Å². The van der Waals surface area contributed by atoms with Crippen molar-refractivity contribution in [3.63, 3.8) is 0 Å². The first-order valence-corrected chi connectivity index (χ1v) is 7.60. The van der Waals surface area contributed by atoms with Crippen LogP contribution in [0.15, 0.2) is 0 Å². The van der Waals surface area contributed by atoms with Crippen molar-refractivity contribution in [2.45, 2.75) is 18.9 Å². The maximum Gasteiger partial charge on any atom is 0.0791 e. The highest BCUT2D eigenvalue weighted by Gasteiger charge is 2.26. The van der Waals surface area contributed by atoms with Gasteiger partial charge in [-0.2, -0.15) is 0 Å². The minimum atomic E-state index is -0.271. The molecule has 1 saturated heterocycles. The first-order valence-electron chi connectivity index (χ1n) is 7.60. The lowest BCUT2D eigenvalue weighted by atomic mass is 10.2. The highest BCUT2D eigenvalue weighted by atomic mass is 16.5. The molecule has 1 aliphatic carbocycles. The van der Waals surface area contributed by atoms with Gasteiger partial charge in [0.15, 0.2) is 0 Å². The van der Waals surface area contributed by atoms with Crippen LogP contribution in [0.2, 0.25) is 0 Å². The first kappa shape index (κ1) is 15.2. The van der Waals surface area contributed by atoms with Crippen molar-refractivity contribution in [2.75, 3.05) is 66.1 Å². The molecule has 0 aromatic carbocycles. The lowest BCUT2D eigenvalue weighted by Gasteiger charge is -2.35. The summed E-state index contributed by atoms with van der Waals surface area (Å²) in [6, 6.07) is 0. The molecule has 2 aliphatic rings. The number of rotatable bonds is 9. The lowest BCUT2D eigenvalue weighted by Crippen LogP contribution is -2.50. The molecule has 2 fully saturated rings. The molecule has 2 N–H and O–H groups in total. The number of aliphatic hydroxyl groups is 1. The molecule has 1 unspecified atom stereocenters. The van der Waals surface area contributed by atoms with E-state index in [0.29, 0.717) is 13.2 Å². The zero-order valence-corrected chi connectivity index (χ0v) is 12.2. The summed E-state index contributed by atoms with van der Waals surface area (Å²) in [6.07, 6.45) is 2.60. The minimum Gasteiger partial charge on any atom is -0.390 e. The number of nitrogens with zero attached hydrogens (tertiary/aromatic N) is 2. The zero-order valence-electron chi connectivity index (χ0n) is 12.2. The molecule has 2 rings (SSSR count). The highest BCUT2D eigenvalue weighted by molar-refractivity contribution is 4.81. The average molecular weight is 271 g/mol. The van der Waals surface area contributed by atoms with E-state index in [1.807, 2.05) is 0 Å². The summed E-state index contributed by atoms with van der Waals surface area (Å²) in [6.45, 7) is 8.79. The molecule has 0 amide bonds. The molecule has 0 aromatic heterocycles. The first-order chi connectivity index (χ1) is 9.28. The van der Waals surface area contributed by atoms with Crippen LogP contribution in [-0.2, 0) is 4.74 Å². The minimum absolute atomic E-state index is 0.271. The average Bonchev–Trinajstić information content (AvgIpc) is 3.21. The Balaban J connectivity index is 1.51. The SMILES string of the molecule is COCCNCC(O)CN1CCN(CC2CC2)CC1. The van der Waals surface area contributed by atoms with Crippen LogP contribution in [0.5, 0.6) is 0 Å². The fraction of sp³-hybridized carbons (Fsp3) is 1.00. The molecular weight excluding hydrogens is 242 g/mol. The Labute approximate surface area is 116 Å². The summed E-state index contributed by atoms with van der Waals surface area (Å²) in [5.74, 6) is 0.988. The second-order valence-electron chi connectivity index (χ2n) is 5.90. The highest BCUT2D eigenvalue weighted by Crippen LogP contribution is 2.29. The third kappa shape index (κ3) is 6.19. The van der Waals surface area contributed by atoms with Gasteiger partial charge in [0.1, 0.15) is 0 Å². The van der Waals surface area contributed by atoms with Crippen molar-refractivity contribution >= 4 is 0 Å². The van der Waals surface area contributed by atoms with Gasteiger partial charge in [-0.25, -0.2) is 0 Å². The van der Waals surface area contributed by atoms with Gasteiger partial charge in [-0.15, -0.1) is 0 Å². The van der Waals surface area contributed by atoms with E-state index in [0.717, 1.165) is 32.1 Å². The van der Waals surface area contributed by atoms with E-state index in [-0.39, 0.29) is 6.10 Å². The number of nitrogens with one attached hydrogen (secondary N) is 1. The number of hydrogen-bond donors (Lipinski definition) is 2. The van der Waals surface area contributed by atoms with Gasteiger partial charge >= 0.3 is 0 Å². The van der Waals surface area contributed by atoms with E-state index in [9.17, 15) is 5.11 Å². The van der Waals surface area contributed by atoms with Gasteiger partial charge < -0.3 is 20.1 Å². The molecule has 1 saturated carbocycles. The van der Waals surface area contributed by atoms with Crippen LogP contribution in [0.25, 0.3) is 0 Å². The van der Waals surface area contributed by atoms with Crippen molar-refractivity contribution in [2.24, 2.45) is 5.92 Å². The number of hydrogen-bond acceptors (Lipinski definition) is 5. The maximum absolute atomic E-state index is 9.96. The molecule has 1 heterocycles. The smallest absolute Gasteiger partial charge is 0.0791 e. The monoisotopic (exact) mass is 271 g/mol. The Hall–Kier alpha value is -0.200. The summed E-state index contributed by atoms with van der Waals surface area (Å²) < 4.78 is 4.96. The Morgan fingerprint density at radius 2 is 1.89 bits per heavy atom. The van der Waals surface area contributed by atoms with Crippen LogP contribution < -0.4 is 5.32 Å². The summed E-state index contributed by atoms with van der Waals surface area (Å²) in [4.78, 5) is 4.96. The van der Waals surface area contributed by atoms with E-state index >= 15 is 0 Å². The molecule has 5 nitrogen and oxygen atoms in total. The van der Waals surface area contributed by atoms with Gasteiger partial charge in [0, 0.05) is 59.5 Å². The van der Waals surface area contributed by atoms with Crippen LogP contribution in [0.1, 0.15) is 12.8 Å². The molecule has 0 spiro atoms. The third-order valence-electron chi connectivity index (χ3n) is 4.01. The fourth-order valence-corrected chi connectivity index (χ4v) is 2.63. The number of β-amino-alcohol motifs (C(OH)–C–C–N with tert-alkyl or cyclic N) is 1. The van der Waals surface area contributed by atoms with Gasteiger partial charge in [0.25, 0.3) is 0 Å². The largest absolute Gasteiger partial charge is 0.390 e. The fourth-order valence-electron chi connectivity index (χ4n) is 2.63. The van der Waals surface area contributed by atoms with Crippen LogP contribution >= 0.6 is 0 Å². The quantitative estimate of drug-likeness (QED) is 0.560. The predicted octanol–water partition coefficient (Wildman–Crippen LogP) is -0.389. The Kier molecular flexibility index (Phi) is 6.53. The molecule has 1 aliphatic heterocycles.